The third-order valence-corrected chi connectivity index (χ3v) is 2.50. The lowest BCUT2D eigenvalue weighted by molar-refractivity contribution is -0.121. The summed E-state index contributed by atoms with van der Waals surface area (Å²) in [6, 6.07) is 0.669. The van der Waals surface area contributed by atoms with E-state index in [1.54, 1.807) is 17.1 Å². The first-order valence-corrected chi connectivity index (χ1v) is 5.69. The Balaban J connectivity index is 1.49. The molecule has 1 aromatic heterocycles. The van der Waals surface area contributed by atoms with Crippen LogP contribution in [0.15, 0.2) is 12.4 Å². The normalized spacial score (nSPS) is 15.0. The summed E-state index contributed by atoms with van der Waals surface area (Å²) in [4.78, 5) is 11.4. The maximum absolute atomic E-state index is 11.4. The lowest BCUT2D eigenvalue weighted by Crippen LogP contribution is -2.30. The Morgan fingerprint density at radius 2 is 2.31 bits per heavy atom. The molecule has 16 heavy (non-hydrogen) atoms. The van der Waals surface area contributed by atoms with E-state index >= 15 is 0 Å². The Morgan fingerprint density at radius 1 is 1.44 bits per heavy atom. The third-order valence-electron chi connectivity index (χ3n) is 2.50. The molecule has 1 aliphatic rings. The number of nitrogens with one attached hydrogen (secondary N) is 2. The number of hydrogen-bond donors (Lipinski definition) is 2. The fraction of sp³-hybridized carbons (Fsp3) is 0.700. The van der Waals surface area contributed by atoms with Crippen molar-refractivity contribution in [2.45, 2.75) is 31.8 Å². The van der Waals surface area contributed by atoms with Crippen LogP contribution in [0, 0.1) is 0 Å². The van der Waals surface area contributed by atoms with Crippen LogP contribution >= 0.6 is 0 Å². The molecule has 0 saturated heterocycles. The van der Waals surface area contributed by atoms with E-state index in [1.807, 2.05) is 0 Å². The van der Waals surface area contributed by atoms with Crippen LogP contribution in [-0.2, 0) is 11.3 Å². The molecule has 1 fully saturated rings. The number of aromatic nitrogens is 3. The first-order chi connectivity index (χ1) is 7.84. The maximum Gasteiger partial charge on any atom is 0.221 e. The Morgan fingerprint density at radius 3 is 3.00 bits per heavy atom. The molecule has 6 heteroatoms. The average Bonchev–Trinajstić information content (AvgIpc) is 2.94. The van der Waals surface area contributed by atoms with Gasteiger partial charge in [0.05, 0.1) is 12.7 Å². The molecule has 1 heterocycles. The summed E-state index contributed by atoms with van der Waals surface area (Å²) in [5, 5.41) is 13.6. The highest BCUT2D eigenvalue weighted by Crippen LogP contribution is 2.18. The molecule has 6 nitrogen and oxygen atoms in total. The monoisotopic (exact) mass is 223 g/mol. The van der Waals surface area contributed by atoms with Gasteiger partial charge in [-0.3, -0.25) is 9.48 Å². The summed E-state index contributed by atoms with van der Waals surface area (Å²) in [6.07, 6.45) is 6.47. The standard InChI is InChI=1S/C10H17N5O/c16-10(3-4-11-9-1-2-9)12-5-7-15-8-6-13-14-15/h6,8-9,11H,1-5,7H2,(H,12,16). The largest absolute Gasteiger partial charge is 0.354 e. The van der Waals surface area contributed by atoms with Gasteiger partial charge in [0, 0.05) is 31.7 Å². The van der Waals surface area contributed by atoms with Gasteiger partial charge in [0.1, 0.15) is 0 Å². The molecule has 0 unspecified atom stereocenters. The zero-order valence-electron chi connectivity index (χ0n) is 9.22. The van der Waals surface area contributed by atoms with E-state index in [0.717, 1.165) is 6.54 Å². The van der Waals surface area contributed by atoms with Gasteiger partial charge >= 0.3 is 0 Å². The first kappa shape index (κ1) is 11.1. The lowest BCUT2D eigenvalue weighted by atomic mass is 10.4. The summed E-state index contributed by atoms with van der Waals surface area (Å²) < 4.78 is 1.70. The quantitative estimate of drug-likeness (QED) is 0.656. The summed E-state index contributed by atoms with van der Waals surface area (Å²) in [5.41, 5.74) is 0. The third kappa shape index (κ3) is 3.98. The zero-order valence-corrected chi connectivity index (χ0v) is 9.22. The van der Waals surface area contributed by atoms with Gasteiger partial charge in [-0.15, -0.1) is 5.10 Å². The van der Waals surface area contributed by atoms with Gasteiger partial charge in [0.25, 0.3) is 0 Å². The van der Waals surface area contributed by atoms with E-state index in [2.05, 4.69) is 20.9 Å². The molecule has 1 aromatic rings. The van der Waals surface area contributed by atoms with Crippen molar-refractivity contribution in [2.75, 3.05) is 13.1 Å². The van der Waals surface area contributed by atoms with Crippen LogP contribution in [0.2, 0.25) is 0 Å². The zero-order chi connectivity index (χ0) is 11.2. The van der Waals surface area contributed by atoms with E-state index in [0.29, 0.717) is 25.6 Å². The maximum atomic E-state index is 11.4. The summed E-state index contributed by atoms with van der Waals surface area (Å²) in [7, 11) is 0. The van der Waals surface area contributed by atoms with Gasteiger partial charge in [-0.05, 0) is 12.8 Å². The predicted molar refractivity (Wildman–Crippen MR) is 58.7 cm³/mol. The molecule has 2 rings (SSSR count). The molecule has 1 saturated carbocycles. The van der Waals surface area contributed by atoms with Crippen molar-refractivity contribution < 1.29 is 4.79 Å². The SMILES string of the molecule is O=C(CCNC1CC1)NCCn1ccnn1. The van der Waals surface area contributed by atoms with Crippen molar-refractivity contribution in [2.24, 2.45) is 0 Å². The van der Waals surface area contributed by atoms with Crippen LogP contribution in [0.25, 0.3) is 0 Å². The van der Waals surface area contributed by atoms with E-state index in [9.17, 15) is 4.79 Å². The predicted octanol–water partition coefficient (Wildman–Crippen LogP) is -0.464. The van der Waals surface area contributed by atoms with E-state index in [1.165, 1.54) is 12.8 Å². The number of rotatable bonds is 7. The number of carbonyl (C=O) groups is 1. The van der Waals surface area contributed by atoms with E-state index < -0.39 is 0 Å². The van der Waals surface area contributed by atoms with Crippen LogP contribution in [-0.4, -0.2) is 40.0 Å². The number of carbonyl (C=O) groups excluding carboxylic acids is 1. The molecule has 2 N–H and O–H groups in total. The Bertz CT molecular complexity index is 320. The van der Waals surface area contributed by atoms with Crippen molar-refractivity contribution >= 4 is 5.91 Å². The molecule has 0 aliphatic heterocycles. The molecule has 0 spiro atoms. The van der Waals surface area contributed by atoms with Gasteiger partial charge in [0.2, 0.25) is 5.91 Å². The summed E-state index contributed by atoms with van der Waals surface area (Å²) >= 11 is 0. The van der Waals surface area contributed by atoms with Gasteiger partial charge in [-0.2, -0.15) is 0 Å². The molecule has 1 amide bonds. The smallest absolute Gasteiger partial charge is 0.221 e. The van der Waals surface area contributed by atoms with Gasteiger partial charge in [-0.25, -0.2) is 0 Å². The second kappa shape index (κ2) is 5.60. The van der Waals surface area contributed by atoms with Crippen LogP contribution < -0.4 is 10.6 Å². The second-order valence-corrected chi connectivity index (χ2v) is 3.99. The number of hydrogen-bond acceptors (Lipinski definition) is 4. The minimum atomic E-state index is 0.0910. The van der Waals surface area contributed by atoms with Crippen molar-refractivity contribution in [3.8, 4) is 0 Å². The number of nitrogens with zero attached hydrogens (tertiary/aromatic N) is 3. The van der Waals surface area contributed by atoms with E-state index in [-0.39, 0.29) is 5.91 Å². The molecule has 0 bridgehead atoms. The Hall–Kier alpha value is -1.43. The fourth-order valence-corrected chi connectivity index (χ4v) is 1.43. The van der Waals surface area contributed by atoms with Crippen LogP contribution in [0.4, 0.5) is 0 Å². The van der Waals surface area contributed by atoms with Gasteiger partial charge < -0.3 is 10.6 Å². The number of amides is 1. The van der Waals surface area contributed by atoms with Crippen molar-refractivity contribution in [3.05, 3.63) is 12.4 Å². The van der Waals surface area contributed by atoms with Crippen molar-refractivity contribution in [3.63, 3.8) is 0 Å². The highest BCUT2D eigenvalue weighted by atomic mass is 16.1. The van der Waals surface area contributed by atoms with Crippen molar-refractivity contribution in [1.29, 1.82) is 0 Å². The minimum absolute atomic E-state index is 0.0910. The van der Waals surface area contributed by atoms with Gasteiger partial charge in [-0.1, -0.05) is 5.21 Å². The topological polar surface area (TPSA) is 71.8 Å². The molecule has 0 atom stereocenters. The Kier molecular flexibility index (Phi) is 3.87. The van der Waals surface area contributed by atoms with Crippen LogP contribution in [0.3, 0.4) is 0 Å². The first-order valence-electron chi connectivity index (χ1n) is 5.69. The highest BCUT2D eigenvalue weighted by Gasteiger charge is 2.19. The second-order valence-electron chi connectivity index (χ2n) is 3.99. The van der Waals surface area contributed by atoms with E-state index in [4.69, 9.17) is 0 Å². The minimum Gasteiger partial charge on any atom is -0.354 e. The summed E-state index contributed by atoms with van der Waals surface area (Å²) in [6.45, 7) is 2.05. The highest BCUT2D eigenvalue weighted by molar-refractivity contribution is 5.75. The fourth-order valence-electron chi connectivity index (χ4n) is 1.43. The Labute approximate surface area is 94.4 Å². The van der Waals surface area contributed by atoms with Crippen LogP contribution in [0.5, 0.6) is 0 Å². The molecule has 0 aromatic carbocycles. The average molecular weight is 223 g/mol. The van der Waals surface area contributed by atoms with Crippen LogP contribution in [0.1, 0.15) is 19.3 Å². The lowest BCUT2D eigenvalue weighted by Gasteiger charge is -2.05. The summed E-state index contributed by atoms with van der Waals surface area (Å²) in [5.74, 6) is 0.0910. The molecular formula is C10H17N5O. The van der Waals surface area contributed by atoms with Gasteiger partial charge in [0.15, 0.2) is 0 Å². The van der Waals surface area contributed by atoms with Crippen molar-refractivity contribution in [1.82, 2.24) is 25.6 Å². The molecule has 88 valence electrons. The molecular weight excluding hydrogens is 206 g/mol. The molecule has 1 aliphatic carbocycles. The molecule has 0 radical (unpaired) electrons.